The van der Waals surface area contributed by atoms with Crippen molar-refractivity contribution >= 4 is 28.7 Å². The number of nitrogens with zero attached hydrogens (tertiary/aromatic N) is 2. The third kappa shape index (κ3) is 5.46. The van der Waals surface area contributed by atoms with Gasteiger partial charge in [-0.25, -0.2) is 0 Å². The van der Waals surface area contributed by atoms with Gasteiger partial charge < -0.3 is 0 Å². The minimum Gasteiger partial charge on any atom is -0.160 e. The van der Waals surface area contributed by atoms with Crippen LogP contribution in [0.1, 0.15) is 11.1 Å². The van der Waals surface area contributed by atoms with E-state index in [1.807, 2.05) is 0 Å². The first kappa shape index (κ1) is 23.7. The molecule has 0 radical (unpaired) electrons. The summed E-state index contributed by atoms with van der Waals surface area (Å²) in [5.74, 6) is 0. The van der Waals surface area contributed by atoms with Crippen molar-refractivity contribution in [2.75, 3.05) is 0 Å². The van der Waals surface area contributed by atoms with E-state index in [1.165, 1.54) is 27.0 Å². The Hall–Kier alpha value is -4.00. The molecular formula is C33H29N2P. The van der Waals surface area contributed by atoms with Crippen molar-refractivity contribution in [1.82, 2.24) is 0 Å². The lowest BCUT2D eigenvalue weighted by molar-refractivity contribution is 1.14. The molecule has 0 saturated carbocycles. The minimum atomic E-state index is -2.38. The van der Waals surface area contributed by atoms with Crippen molar-refractivity contribution in [2.24, 2.45) is 9.96 Å². The molecule has 3 heteroatoms. The Balaban J connectivity index is 1.74. The van der Waals surface area contributed by atoms with Crippen molar-refractivity contribution in [1.29, 1.82) is 0 Å². The topological polar surface area (TPSA) is 24.7 Å². The highest BCUT2D eigenvalue weighted by Crippen LogP contribution is 2.46. The van der Waals surface area contributed by atoms with Crippen LogP contribution in [0, 0.1) is 0 Å². The van der Waals surface area contributed by atoms with E-state index in [0.717, 1.165) is 18.6 Å². The van der Waals surface area contributed by atoms with Crippen molar-refractivity contribution in [3.8, 4) is 0 Å². The fourth-order valence-electron chi connectivity index (χ4n) is 4.46. The Bertz CT molecular complexity index is 1300. The van der Waals surface area contributed by atoms with Crippen molar-refractivity contribution < 1.29 is 0 Å². The van der Waals surface area contributed by atoms with Crippen LogP contribution in [-0.4, -0.2) is 5.71 Å². The van der Waals surface area contributed by atoms with Gasteiger partial charge in [0.2, 0.25) is 0 Å². The lowest BCUT2D eigenvalue weighted by Crippen LogP contribution is -2.25. The fraction of sp³-hybridized carbons (Fsp3) is 0.0606. The van der Waals surface area contributed by atoms with E-state index in [-0.39, 0.29) is 0 Å². The normalized spacial score (nSPS) is 11.0. The van der Waals surface area contributed by atoms with Crippen LogP contribution in [0.25, 0.3) is 0 Å². The summed E-state index contributed by atoms with van der Waals surface area (Å²) in [5.41, 5.74) is 3.54. The molecule has 176 valence electrons. The molecule has 0 N–H and O–H groups in total. The van der Waals surface area contributed by atoms with Gasteiger partial charge in [-0.1, -0.05) is 152 Å². The molecule has 0 spiro atoms. The van der Waals surface area contributed by atoms with Crippen LogP contribution in [0.15, 0.2) is 162 Å². The minimum absolute atomic E-state index is 0.762. The first-order chi connectivity index (χ1) is 17.8. The summed E-state index contributed by atoms with van der Waals surface area (Å²) >= 11 is 0. The molecule has 0 aliphatic rings. The maximum atomic E-state index is 5.36. The van der Waals surface area contributed by atoms with Crippen molar-refractivity contribution in [3.05, 3.63) is 163 Å². The number of rotatable bonds is 8. The lowest BCUT2D eigenvalue weighted by Gasteiger charge is -2.25. The molecular weight excluding hydrogens is 455 g/mol. The van der Waals surface area contributed by atoms with Crippen molar-refractivity contribution in [2.45, 2.75) is 12.8 Å². The molecule has 0 saturated heterocycles. The zero-order valence-electron chi connectivity index (χ0n) is 20.2. The zero-order chi connectivity index (χ0) is 24.5. The molecule has 5 aromatic rings. The van der Waals surface area contributed by atoms with E-state index >= 15 is 0 Å². The first-order valence-corrected chi connectivity index (χ1v) is 14.0. The monoisotopic (exact) mass is 484 g/mol. The van der Waals surface area contributed by atoms with Gasteiger partial charge in [-0.2, -0.15) is 9.96 Å². The van der Waals surface area contributed by atoms with Crippen molar-refractivity contribution in [3.63, 3.8) is 0 Å². The summed E-state index contributed by atoms with van der Waals surface area (Å²) in [6.07, 6.45) is 1.52. The maximum absolute atomic E-state index is 5.36. The average Bonchev–Trinajstić information content (AvgIpc) is 2.96. The van der Waals surface area contributed by atoms with Crippen LogP contribution in [0.2, 0.25) is 0 Å². The molecule has 0 fully saturated rings. The summed E-state index contributed by atoms with van der Waals surface area (Å²) in [6.45, 7) is 0. The van der Waals surface area contributed by atoms with Crippen LogP contribution in [0.3, 0.4) is 0 Å². The van der Waals surface area contributed by atoms with Crippen LogP contribution in [-0.2, 0) is 12.8 Å². The predicted octanol–water partition coefficient (Wildman–Crippen LogP) is 7.01. The molecule has 0 unspecified atom stereocenters. The number of hydrogen-bond acceptors (Lipinski definition) is 1. The van der Waals surface area contributed by atoms with Crippen LogP contribution >= 0.6 is 7.05 Å². The van der Waals surface area contributed by atoms with Gasteiger partial charge in [-0.15, -0.1) is 0 Å². The highest BCUT2D eigenvalue weighted by molar-refractivity contribution is 7.87. The maximum Gasteiger partial charge on any atom is 0.0837 e. The molecule has 0 amide bonds. The highest BCUT2D eigenvalue weighted by Gasteiger charge is 2.27. The van der Waals surface area contributed by atoms with Gasteiger partial charge in [0.05, 0.1) is 7.05 Å². The Labute approximate surface area is 214 Å². The zero-order valence-corrected chi connectivity index (χ0v) is 21.1. The average molecular weight is 485 g/mol. The van der Waals surface area contributed by atoms with Gasteiger partial charge in [0.15, 0.2) is 0 Å². The molecule has 0 atom stereocenters. The number of hydrogen-bond donors (Lipinski definition) is 0. The third-order valence-electron chi connectivity index (χ3n) is 6.21. The molecule has 0 aromatic heterocycles. The summed E-state index contributed by atoms with van der Waals surface area (Å²) in [4.78, 5) is 5.36. The molecule has 0 heterocycles. The van der Waals surface area contributed by atoms with E-state index in [4.69, 9.17) is 9.96 Å². The lowest BCUT2D eigenvalue weighted by atomic mass is 10.0. The van der Waals surface area contributed by atoms with Crippen LogP contribution < -0.4 is 15.9 Å². The fourth-order valence-corrected chi connectivity index (χ4v) is 7.74. The van der Waals surface area contributed by atoms with Gasteiger partial charge in [0.1, 0.15) is 0 Å². The van der Waals surface area contributed by atoms with Gasteiger partial charge in [-0.05, 0) is 11.1 Å². The van der Waals surface area contributed by atoms with Crippen LogP contribution in [0.4, 0.5) is 0 Å². The standard InChI is InChI=1S/C33H29N2P/c1-6-16-28(17-7-1)26-30(27-29-18-8-2-9-19-29)34-35-36(31-20-10-3-11-21-31,32-22-12-4-13-23-32)33-24-14-5-15-25-33/h1-25H,26-27H2. The summed E-state index contributed by atoms with van der Waals surface area (Å²) in [7, 11) is -2.38. The second-order valence-corrected chi connectivity index (χ2v) is 11.7. The van der Waals surface area contributed by atoms with Gasteiger partial charge >= 0.3 is 0 Å². The van der Waals surface area contributed by atoms with E-state index < -0.39 is 7.05 Å². The summed E-state index contributed by atoms with van der Waals surface area (Å²) < 4.78 is 0. The molecule has 36 heavy (non-hydrogen) atoms. The predicted molar refractivity (Wildman–Crippen MR) is 155 cm³/mol. The van der Waals surface area contributed by atoms with E-state index in [1.54, 1.807) is 0 Å². The van der Waals surface area contributed by atoms with Crippen LogP contribution in [0.5, 0.6) is 0 Å². The molecule has 0 bridgehead atoms. The summed E-state index contributed by atoms with van der Waals surface area (Å²) in [5, 5.41) is 8.70. The Morgan fingerprint density at radius 1 is 0.417 bits per heavy atom. The second kappa shape index (κ2) is 11.6. The molecule has 0 aliphatic heterocycles. The van der Waals surface area contributed by atoms with Gasteiger partial charge in [-0.3, -0.25) is 0 Å². The largest absolute Gasteiger partial charge is 0.160 e. The Kier molecular flexibility index (Phi) is 7.66. The molecule has 5 aromatic carbocycles. The van der Waals surface area contributed by atoms with E-state index in [0.29, 0.717) is 0 Å². The van der Waals surface area contributed by atoms with E-state index in [9.17, 15) is 0 Å². The SMILES string of the molecule is c1ccc(CC(Cc2ccccc2)=NN=P(c2ccccc2)(c2ccccc2)c2ccccc2)cc1. The van der Waals surface area contributed by atoms with Gasteiger partial charge in [0, 0.05) is 34.5 Å². The van der Waals surface area contributed by atoms with E-state index in [2.05, 4.69) is 152 Å². The quantitative estimate of drug-likeness (QED) is 0.129. The third-order valence-corrected chi connectivity index (χ3v) is 9.71. The second-order valence-electron chi connectivity index (χ2n) is 8.72. The first-order valence-electron chi connectivity index (χ1n) is 12.3. The summed E-state index contributed by atoms with van der Waals surface area (Å²) in [6, 6.07) is 53.1. The molecule has 2 nitrogen and oxygen atoms in total. The Morgan fingerprint density at radius 2 is 0.722 bits per heavy atom. The number of benzene rings is 5. The molecule has 5 rings (SSSR count). The highest BCUT2D eigenvalue weighted by atomic mass is 31.2. The Morgan fingerprint density at radius 3 is 1.06 bits per heavy atom. The smallest absolute Gasteiger partial charge is 0.0837 e. The van der Waals surface area contributed by atoms with Gasteiger partial charge in [0.25, 0.3) is 0 Å². The molecule has 0 aliphatic carbocycles.